The highest BCUT2D eigenvalue weighted by Crippen LogP contribution is 2.22. The second kappa shape index (κ2) is 7.25. The van der Waals surface area contributed by atoms with E-state index in [0.717, 1.165) is 5.56 Å². The summed E-state index contributed by atoms with van der Waals surface area (Å²) in [5, 5.41) is 5.62. The molecule has 0 radical (unpaired) electrons. The lowest BCUT2D eigenvalue weighted by molar-refractivity contribution is -0.118. The number of hydrogen-bond acceptors (Lipinski definition) is 2. The molecular weight excluding hydrogens is 307 g/mol. The number of nitrogens with one attached hydrogen (secondary N) is 2. The average molecular weight is 328 g/mol. The molecule has 0 unspecified atom stereocenters. The van der Waals surface area contributed by atoms with E-state index >= 15 is 0 Å². The summed E-state index contributed by atoms with van der Waals surface area (Å²) in [6, 6.07) is 9.36. The Morgan fingerprint density at radius 1 is 0.958 bits per heavy atom. The predicted molar refractivity (Wildman–Crippen MR) is 93.7 cm³/mol. The van der Waals surface area contributed by atoms with Crippen LogP contribution < -0.4 is 10.6 Å². The lowest BCUT2D eigenvalue weighted by atomic mass is 10.1. The largest absolute Gasteiger partial charge is 0.326 e. The van der Waals surface area contributed by atoms with Crippen molar-refractivity contribution in [2.24, 2.45) is 5.92 Å². The van der Waals surface area contributed by atoms with Gasteiger partial charge in [0, 0.05) is 22.9 Å². The summed E-state index contributed by atoms with van der Waals surface area (Å²) < 4.78 is 13.2. The Bertz CT molecular complexity index is 785. The van der Waals surface area contributed by atoms with Crippen molar-refractivity contribution in [3.05, 3.63) is 58.9 Å². The van der Waals surface area contributed by atoms with Gasteiger partial charge in [-0.25, -0.2) is 4.39 Å². The summed E-state index contributed by atoms with van der Waals surface area (Å²) in [5.74, 6) is -0.918. The summed E-state index contributed by atoms with van der Waals surface area (Å²) in [6.45, 7) is 7.17. The number of anilines is 2. The zero-order chi connectivity index (χ0) is 17.9. The molecule has 126 valence electrons. The first-order valence-electron chi connectivity index (χ1n) is 7.77. The van der Waals surface area contributed by atoms with Gasteiger partial charge in [0.05, 0.1) is 0 Å². The Kier molecular flexibility index (Phi) is 5.34. The van der Waals surface area contributed by atoms with Crippen LogP contribution in [-0.4, -0.2) is 11.8 Å². The first-order chi connectivity index (χ1) is 11.3. The van der Waals surface area contributed by atoms with E-state index in [4.69, 9.17) is 0 Å². The van der Waals surface area contributed by atoms with Crippen LogP contribution in [0.2, 0.25) is 0 Å². The highest BCUT2D eigenvalue weighted by Gasteiger charge is 2.13. The maximum Gasteiger partial charge on any atom is 0.255 e. The Morgan fingerprint density at radius 2 is 1.67 bits per heavy atom. The van der Waals surface area contributed by atoms with E-state index in [9.17, 15) is 14.0 Å². The first kappa shape index (κ1) is 17.7. The molecule has 2 N–H and O–H groups in total. The van der Waals surface area contributed by atoms with E-state index in [2.05, 4.69) is 10.6 Å². The van der Waals surface area contributed by atoms with Crippen molar-refractivity contribution < 1.29 is 14.0 Å². The molecule has 0 aliphatic heterocycles. The van der Waals surface area contributed by atoms with Crippen LogP contribution in [0.3, 0.4) is 0 Å². The maximum atomic E-state index is 13.2. The molecule has 0 saturated heterocycles. The fourth-order valence-electron chi connectivity index (χ4n) is 2.19. The van der Waals surface area contributed by atoms with Crippen LogP contribution in [0, 0.1) is 25.6 Å². The minimum atomic E-state index is -0.376. The van der Waals surface area contributed by atoms with Crippen molar-refractivity contribution in [2.45, 2.75) is 27.7 Å². The average Bonchev–Trinajstić information content (AvgIpc) is 2.50. The Hall–Kier alpha value is -2.69. The van der Waals surface area contributed by atoms with E-state index in [-0.39, 0.29) is 23.5 Å². The molecule has 0 bridgehead atoms. The van der Waals surface area contributed by atoms with Crippen LogP contribution in [0.15, 0.2) is 36.4 Å². The van der Waals surface area contributed by atoms with E-state index in [1.165, 1.54) is 18.2 Å². The molecule has 0 aliphatic carbocycles. The van der Waals surface area contributed by atoms with Crippen molar-refractivity contribution in [2.75, 3.05) is 10.6 Å². The third-order valence-corrected chi connectivity index (χ3v) is 3.71. The number of rotatable bonds is 4. The molecule has 2 rings (SSSR count). The van der Waals surface area contributed by atoms with Crippen molar-refractivity contribution in [3.63, 3.8) is 0 Å². The van der Waals surface area contributed by atoms with Gasteiger partial charge in [-0.15, -0.1) is 0 Å². The first-order valence-corrected chi connectivity index (χ1v) is 7.77. The van der Waals surface area contributed by atoms with Crippen LogP contribution in [0.5, 0.6) is 0 Å². The highest BCUT2D eigenvalue weighted by molar-refractivity contribution is 6.06. The summed E-state index contributed by atoms with van der Waals surface area (Å²) in [6.07, 6.45) is 0. The molecule has 0 fully saturated rings. The van der Waals surface area contributed by atoms with Crippen molar-refractivity contribution >= 4 is 23.2 Å². The Balaban J connectivity index is 2.22. The predicted octanol–water partition coefficient (Wildman–Crippen LogP) is 4.29. The second-order valence-electron chi connectivity index (χ2n) is 6.09. The number of carbonyl (C=O) groups excluding carboxylic acids is 2. The molecule has 2 aromatic carbocycles. The molecule has 0 aromatic heterocycles. The Morgan fingerprint density at radius 3 is 2.29 bits per heavy atom. The van der Waals surface area contributed by atoms with Gasteiger partial charge in [-0.05, 0) is 55.3 Å². The van der Waals surface area contributed by atoms with Gasteiger partial charge in [0.25, 0.3) is 5.91 Å². The zero-order valence-corrected chi connectivity index (χ0v) is 14.2. The van der Waals surface area contributed by atoms with Crippen LogP contribution in [-0.2, 0) is 4.79 Å². The Labute approximate surface area is 141 Å². The molecule has 0 saturated carbocycles. The highest BCUT2D eigenvalue weighted by atomic mass is 19.1. The normalized spacial score (nSPS) is 10.6. The molecule has 0 aliphatic rings. The van der Waals surface area contributed by atoms with Crippen molar-refractivity contribution in [3.8, 4) is 0 Å². The number of benzene rings is 2. The van der Waals surface area contributed by atoms with Crippen LogP contribution in [0.1, 0.15) is 35.3 Å². The topological polar surface area (TPSA) is 58.2 Å². The van der Waals surface area contributed by atoms with Gasteiger partial charge < -0.3 is 10.6 Å². The monoisotopic (exact) mass is 328 g/mol. The zero-order valence-electron chi connectivity index (χ0n) is 14.2. The minimum absolute atomic E-state index is 0.0921. The van der Waals surface area contributed by atoms with Gasteiger partial charge in [-0.2, -0.15) is 0 Å². The molecular formula is C19H21FN2O2. The molecule has 0 atom stereocenters. The summed E-state index contributed by atoms with van der Waals surface area (Å²) in [7, 11) is 0. The fourth-order valence-corrected chi connectivity index (χ4v) is 2.19. The molecule has 2 aromatic rings. The quantitative estimate of drug-likeness (QED) is 0.879. The van der Waals surface area contributed by atoms with Gasteiger partial charge >= 0.3 is 0 Å². The number of carbonyl (C=O) groups is 2. The minimum Gasteiger partial charge on any atom is -0.326 e. The van der Waals surface area contributed by atoms with Crippen LogP contribution >= 0.6 is 0 Å². The van der Waals surface area contributed by atoms with E-state index in [1.807, 2.05) is 26.8 Å². The van der Waals surface area contributed by atoms with Crippen LogP contribution in [0.25, 0.3) is 0 Å². The van der Waals surface area contributed by atoms with Gasteiger partial charge in [0.1, 0.15) is 5.82 Å². The second-order valence-corrected chi connectivity index (χ2v) is 6.09. The molecule has 24 heavy (non-hydrogen) atoms. The smallest absolute Gasteiger partial charge is 0.255 e. The molecule has 0 spiro atoms. The third-order valence-electron chi connectivity index (χ3n) is 3.71. The van der Waals surface area contributed by atoms with Crippen molar-refractivity contribution in [1.82, 2.24) is 0 Å². The third kappa shape index (κ3) is 4.19. The van der Waals surface area contributed by atoms with E-state index in [0.29, 0.717) is 22.5 Å². The molecule has 5 heteroatoms. The van der Waals surface area contributed by atoms with Gasteiger partial charge in [-0.3, -0.25) is 9.59 Å². The molecule has 4 nitrogen and oxygen atoms in total. The van der Waals surface area contributed by atoms with E-state index in [1.54, 1.807) is 19.1 Å². The SMILES string of the molecule is Cc1ccc(NC(=O)C(C)C)cc1NC(=O)c1ccc(F)cc1C. The van der Waals surface area contributed by atoms with Gasteiger partial charge in [0.2, 0.25) is 5.91 Å². The fraction of sp³-hybridized carbons (Fsp3) is 0.263. The number of amides is 2. The summed E-state index contributed by atoms with van der Waals surface area (Å²) >= 11 is 0. The number of aryl methyl sites for hydroxylation is 2. The lowest BCUT2D eigenvalue weighted by Crippen LogP contribution is -2.18. The van der Waals surface area contributed by atoms with Gasteiger partial charge in [0.15, 0.2) is 0 Å². The number of hydrogen-bond donors (Lipinski definition) is 2. The van der Waals surface area contributed by atoms with Crippen molar-refractivity contribution in [1.29, 1.82) is 0 Å². The molecule has 0 heterocycles. The van der Waals surface area contributed by atoms with E-state index < -0.39 is 0 Å². The maximum absolute atomic E-state index is 13.2. The summed E-state index contributed by atoms with van der Waals surface area (Å²) in [5.41, 5.74) is 3.06. The number of halogens is 1. The standard InChI is InChI=1S/C19H21FN2O2/c1-11(2)18(23)21-15-7-5-12(3)17(10-15)22-19(24)16-8-6-14(20)9-13(16)4/h5-11H,1-4H3,(H,21,23)(H,22,24). The van der Waals surface area contributed by atoms with Crippen LogP contribution in [0.4, 0.5) is 15.8 Å². The summed E-state index contributed by atoms with van der Waals surface area (Å²) in [4.78, 5) is 24.2. The lowest BCUT2D eigenvalue weighted by Gasteiger charge is -2.13. The van der Waals surface area contributed by atoms with Gasteiger partial charge in [-0.1, -0.05) is 19.9 Å². The molecule has 2 amide bonds.